The summed E-state index contributed by atoms with van der Waals surface area (Å²) in [6.07, 6.45) is 0. The van der Waals surface area contributed by atoms with E-state index in [1.807, 2.05) is 0 Å². The molecule has 0 bridgehead atoms. The summed E-state index contributed by atoms with van der Waals surface area (Å²) in [6, 6.07) is 39.3. The van der Waals surface area contributed by atoms with Crippen LogP contribution in [-0.4, -0.2) is 16.6 Å². The van der Waals surface area contributed by atoms with Crippen LogP contribution in [0.2, 0.25) is 36.3 Å². The van der Waals surface area contributed by atoms with Crippen LogP contribution in [0.25, 0.3) is 0 Å². The van der Waals surface area contributed by atoms with Crippen molar-refractivity contribution in [3.05, 3.63) is 131 Å². The molecule has 4 aromatic carbocycles. The molecule has 4 aromatic rings. The Hall–Kier alpha value is -3.09. The number of benzene rings is 4. The van der Waals surface area contributed by atoms with E-state index in [1.165, 1.54) is 22.3 Å². The average molecular weight is 581 g/mol. The molecule has 0 radical (unpaired) electrons. The number of hydrogen-bond donors (Lipinski definition) is 0. The molecule has 2 nitrogen and oxygen atoms in total. The van der Waals surface area contributed by atoms with E-state index < -0.39 is 22.0 Å². The molecule has 0 saturated heterocycles. The van der Waals surface area contributed by atoms with E-state index in [2.05, 4.69) is 177 Å². The molecule has 0 amide bonds. The second-order valence-corrected chi connectivity index (χ2v) is 23.7. The molecule has 0 heterocycles. The molecule has 0 spiro atoms. The molecule has 216 valence electrons. The normalized spacial score (nSPS) is 13.1. The van der Waals surface area contributed by atoms with Crippen molar-refractivity contribution in [2.24, 2.45) is 0 Å². The van der Waals surface area contributed by atoms with Gasteiger partial charge in [-0.25, -0.2) is 0 Å². The highest BCUT2D eigenvalue weighted by Crippen LogP contribution is 2.47. The average Bonchev–Trinajstić information content (AvgIpc) is 2.90. The van der Waals surface area contributed by atoms with E-state index in [0.717, 1.165) is 11.5 Å². The second-order valence-electron chi connectivity index (χ2n) is 14.3. The first kappa shape index (κ1) is 30.9. The summed E-state index contributed by atoms with van der Waals surface area (Å²) in [5.41, 5.74) is 4.35. The molecule has 0 atom stereocenters. The van der Waals surface area contributed by atoms with Gasteiger partial charge in [-0.2, -0.15) is 0 Å². The number of hydrogen-bond acceptors (Lipinski definition) is 2. The van der Waals surface area contributed by atoms with Gasteiger partial charge in [0.2, 0.25) is 16.6 Å². The zero-order valence-electron chi connectivity index (χ0n) is 26.7. The largest absolute Gasteiger partial charge is 0.544 e. The van der Waals surface area contributed by atoms with Crippen molar-refractivity contribution in [1.29, 1.82) is 0 Å². The topological polar surface area (TPSA) is 18.5 Å². The minimum absolute atomic E-state index is 0.137. The molecule has 4 rings (SSSR count). The molecule has 0 N–H and O–H groups in total. The smallest absolute Gasteiger partial charge is 0.250 e. The Labute approximate surface area is 251 Å². The molecule has 0 fully saturated rings. The monoisotopic (exact) mass is 580 g/mol. The van der Waals surface area contributed by atoms with Crippen LogP contribution < -0.4 is 8.85 Å². The molecule has 4 heteroatoms. The third-order valence-corrected chi connectivity index (χ3v) is 18.1. The van der Waals surface area contributed by atoms with Crippen LogP contribution in [0.15, 0.2) is 109 Å². The summed E-state index contributed by atoms with van der Waals surface area (Å²) in [5.74, 6) is 1.88. The third-order valence-electron chi connectivity index (χ3n) is 9.35. The van der Waals surface area contributed by atoms with Crippen LogP contribution in [0, 0.1) is 0 Å². The van der Waals surface area contributed by atoms with Crippen LogP contribution in [0.4, 0.5) is 0 Å². The minimum Gasteiger partial charge on any atom is -0.544 e. The van der Waals surface area contributed by atoms with Gasteiger partial charge in [0.25, 0.3) is 0 Å². The van der Waals surface area contributed by atoms with Gasteiger partial charge in [-0.3, -0.25) is 0 Å². The van der Waals surface area contributed by atoms with E-state index in [9.17, 15) is 0 Å². The van der Waals surface area contributed by atoms with E-state index >= 15 is 0 Å². The fourth-order valence-corrected chi connectivity index (χ4v) is 6.88. The van der Waals surface area contributed by atoms with Crippen LogP contribution in [0.5, 0.6) is 11.5 Å². The summed E-state index contributed by atoms with van der Waals surface area (Å²) < 4.78 is 13.3. The number of rotatable bonds is 8. The summed E-state index contributed by atoms with van der Waals surface area (Å²) in [4.78, 5) is 0. The summed E-state index contributed by atoms with van der Waals surface area (Å²) in [7, 11) is -3.90. The first-order chi connectivity index (χ1) is 19.1. The lowest BCUT2D eigenvalue weighted by Gasteiger charge is -2.39. The molecule has 0 saturated carbocycles. The van der Waals surface area contributed by atoms with E-state index in [-0.39, 0.29) is 10.1 Å². The van der Waals surface area contributed by atoms with E-state index in [0.29, 0.717) is 0 Å². The van der Waals surface area contributed by atoms with Gasteiger partial charge in [0, 0.05) is 0 Å². The van der Waals surface area contributed by atoms with Gasteiger partial charge in [0.15, 0.2) is 0 Å². The zero-order valence-corrected chi connectivity index (χ0v) is 28.7. The Morgan fingerprint density at radius 1 is 0.390 bits per heavy atom. The van der Waals surface area contributed by atoms with Crippen molar-refractivity contribution in [2.75, 3.05) is 0 Å². The van der Waals surface area contributed by atoms with Gasteiger partial charge in [-0.1, -0.05) is 126 Å². The van der Waals surface area contributed by atoms with Crippen molar-refractivity contribution < 1.29 is 8.85 Å². The Bertz CT molecular complexity index is 1300. The van der Waals surface area contributed by atoms with Gasteiger partial charge in [-0.15, -0.1) is 0 Å². The molecular formula is C37H48O2Si2. The quantitative estimate of drug-likeness (QED) is 0.152. The molecule has 0 unspecified atom stereocenters. The minimum atomic E-state index is -1.95. The van der Waals surface area contributed by atoms with Crippen molar-refractivity contribution in [1.82, 2.24) is 0 Å². The maximum absolute atomic E-state index is 6.67. The van der Waals surface area contributed by atoms with E-state index in [4.69, 9.17) is 8.85 Å². The van der Waals surface area contributed by atoms with Crippen LogP contribution in [0.3, 0.4) is 0 Å². The van der Waals surface area contributed by atoms with Gasteiger partial charge in [0.1, 0.15) is 11.5 Å². The predicted octanol–water partition coefficient (Wildman–Crippen LogP) is 10.8. The first-order valence-electron chi connectivity index (χ1n) is 14.8. The SMILES string of the molecule is CC(C)(C)[Si](C)(C)Oc1ccc(C(c2ccccc2)(c2ccccc2)c2ccc(O[Si](C)(C)C(C)(C)C)cc2)cc1. The highest BCUT2D eigenvalue weighted by atomic mass is 28.4. The van der Waals surface area contributed by atoms with Gasteiger partial charge >= 0.3 is 0 Å². The first-order valence-corrected chi connectivity index (χ1v) is 20.6. The summed E-state index contributed by atoms with van der Waals surface area (Å²) >= 11 is 0. The van der Waals surface area contributed by atoms with Crippen molar-refractivity contribution in [3.8, 4) is 11.5 Å². The summed E-state index contributed by atoms with van der Waals surface area (Å²) in [5, 5.41) is 0.273. The lowest BCUT2D eigenvalue weighted by molar-refractivity contribution is 0.491. The van der Waals surface area contributed by atoms with Crippen LogP contribution in [0.1, 0.15) is 63.8 Å². The second kappa shape index (κ2) is 11.3. The zero-order chi connectivity index (χ0) is 30.1. The highest BCUT2D eigenvalue weighted by molar-refractivity contribution is 6.75. The lowest BCUT2D eigenvalue weighted by atomic mass is 9.65. The highest BCUT2D eigenvalue weighted by Gasteiger charge is 2.41. The summed E-state index contributed by atoms with van der Waals surface area (Å²) in [6.45, 7) is 22.9. The van der Waals surface area contributed by atoms with Gasteiger partial charge < -0.3 is 8.85 Å². The Kier molecular flexibility index (Phi) is 8.51. The fourth-order valence-electron chi connectivity index (χ4n) is 4.82. The Morgan fingerprint density at radius 3 is 0.927 bits per heavy atom. The van der Waals surface area contributed by atoms with Gasteiger partial charge in [0.05, 0.1) is 5.41 Å². The van der Waals surface area contributed by atoms with Gasteiger partial charge in [-0.05, 0) is 82.8 Å². The Balaban J connectivity index is 1.88. The molecule has 0 aliphatic rings. The molecule has 0 aliphatic heterocycles. The third kappa shape index (κ3) is 6.24. The molecular weight excluding hydrogens is 533 g/mol. The van der Waals surface area contributed by atoms with E-state index in [1.54, 1.807) is 0 Å². The Morgan fingerprint density at radius 2 is 0.659 bits per heavy atom. The predicted molar refractivity (Wildman–Crippen MR) is 180 cm³/mol. The standard InChI is InChI=1S/C37H48O2Si2/c1-35(2,3)40(7,8)38-33-25-21-31(22-26-33)37(29-17-13-11-14-18-29,30-19-15-12-16-20-30)32-23-27-34(28-24-32)39-41(9,10)36(4,5)6/h11-28H,1-10H3. The van der Waals surface area contributed by atoms with Crippen molar-refractivity contribution >= 4 is 16.6 Å². The van der Waals surface area contributed by atoms with Crippen molar-refractivity contribution in [2.45, 2.75) is 83.2 Å². The maximum Gasteiger partial charge on any atom is 0.250 e. The molecule has 0 aliphatic carbocycles. The van der Waals surface area contributed by atoms with Crippen LogP contribution >= 0.6 is 0 Å². The van der Waals surface area contributed by atoms with Crippen molar-refractivity contribution in [3.63, 3.8) is 0 Å². The maximum atomic E-state index is 6.67. The molecule has 41 heavy (non-hydrogen) atoms. The lowest BCUT2D eigenvalue weighted by Crippen LogP contribution is -2.43. The fraction of sp³-hybridized carbons (Fsp3) is 0.351. The molecule has 0 aromatic heterocycles. The van der Waals surface area contributed by atoms with Crippen LogP contribution in [-0.2, 0) is 5.41 Å².